The number of hydrogen-bond acceptors (Lipinski definition) is 4. The molecule has 4 nitrogen and oxygen atoms in total. The second kappa shape index (κ2) is 5.61. The minimum Gasteiger partial charge on any atom is -0.378 e. The standard InChI is InChI=1S/C14H17FN2O2S/c1-16-12-8-10(15)11(17-3-5-19-6-4-17)9-13(12)20-7-2-14(16)18/h8-9H,2-7H2,1H3. The van der Waals surface area contributed by atoms with Crippen LogP contribution >= 0.6 is 11.8 Å². The van der Waals surface area contributed by atoms with Crippen LogP contribution in [0.2, 0.25) is 0 Å². The summed E-state index contributed by atoms with van der Waals surface area (Å²) < 4.78 is 19.7. The largest absolute Gasteiger partial charge is 0.378 e. The number of benzene rings is 1. The van der Waals surface area contributed by atoms with E-state index < -0.39 is 0 Å². The fourth-order valence-electron chi connectivity index (χ4n) is 2.51. The van der Waals surface area contributed by atoms with Crippen molar-refractivity contribution in [3.63, 3.8) is 0 Å². The van der Waals surface area contributed by atoms with Crippen molar-refractivity contribution in [3.05, 3.63) is 17.9 Å². The third-order valence-corrected chi connectivity index (χ3v) is 4.74. The van der Waals surface area contributed by atoms with Gasteiger partial charge in [0.05, 0.1) is 24.6 Å². The maximum Gasteiger partial charge on any atom is 0.227 e. The van der Waals surface area contributed by atoms with Gasteiger partial charge in [0.15, 0.2) is 0 Å². The summed E-state index contributed by atoms with van der Waals surface area (Å²) in [6, 6.07) is 3.35. The maximum atomic E-state index is 14.4. The fraction of sp³-hybridized carbons (Fsp3) is 0.500. The molecule has 1 fully saturated rings. The minimum absolute atomic E-state index is 0.0368. The van der Waals surface area contributed by atoms with Crippen LogP contribution in [0.4, 0.5) is 15.8 Å². The predicted molar refractivity (Wildman–Crippen MR) is 78.2 cm³/mol. The zero-order chi connectivity index (χ0) is 14.1. The van der Waals surface area contributed by atoms with Gasteiger partial charge in [0, 0.05) is 43.3 Å². The zero-order valence-corrected chi connectivity index (χ0v) is 12.2. The van der Waals surface area contributed by atoms with Gasteiger partial charge in [-0.3, -0.25) is 4.79 Å². The highest BCUT2D eigenvalue weighted by atomic mass is 32.2. The summed E-state index contributed by atoms with van der Waals surface area (Å²) in [6.45, 7) is 2.66. The molecular weight excluding hydrogens is 279 g/mol. The second-order valence-electron chi connectivity index (χ2n) is 4.92. The average molecular weight is 296 g/mol. The van der Waals surface area contributed by atoms with E-state index in [4.69, 9.17) is 4.74 Å². The van der Waals surface area contributed by atoms with Crippen molar-refractivity contribution in [2.45, 2.75) is 11.3 Å². The Hall–Kier alpha value is -1.27. The van der Waals surface area contributed by atoms with Gasteiger partial charge in [-0.1, -0.05) is 0 Å². The lowest BCUT2D eigenvalue weighted by Crippen LogP contribution is -2.36. The summed E-state index contributed by atoms with van der Waals surface area (Å²) in [4.78, 5) is 16.4. The van der Waals surface area contributed by atoms with Crippen molar-refractivity contribution in [1.29, 1.82) is 0 Å². The number of carbonyl (C=O) groups excluding carboxylic acids is 1. The maximum absolute atomic E-state index is 14.4. The lowest BCUT2D eigenvalue weighted by Gasteiger charge is -2.30. The van der Waals surface area contributed by atoms with Crippen molar-refractivity contribution < 1.29 is 13.9 Å². The predicted octanol–water partition coefficient (Wildman–Crippen LogP) is 2.12. The van der Waals surface area contributed by atoms with E-state index in [0.29, 0.717) is 44.1 Å². The highest BCUT2D eigenvalue weighted by Crippen LogP contribution is 2.38. The number of rotatable bonds is 1. The third kappa shape index (κ3) is 2.50. The number of anilines is 2. The van der Waals surface area contributed by atoms with Gasteiger partial charge in [0.1, 0.15) is 5.82 Å². The van der Waals surface area contributed by atoms with Gasteiger partial charge in [-0.05, 0) is 6.07 Å². The van der Waals surface area contributed by atoms with Gasteiger partial charge in [-0.2, -0.15) is 0 Å². The van der Waals surface area contributed by atoms with Gasteiger partial charge in [-0.15, -0.1) is 11.8 Å². The second-order valence-corrected chi connectivity index (χ2v) is 6.06. The Labute approximate surface area is 121 Å². The molecule has 0 N–H and O–H groups in total. The number of carbonyl (C=O) groups is 1. The molecular formula is C14H17FN2O2S. The number of amides is 1. The van der Waals surface area contributed by atoms with Gasteiger partial charge >= 0.3 is 0 Å². The molecule has 1 saturated heterocycles. The average Bonchev–Trinajstić information content (AvgIpc) is 2.60. The highest BCUT2D eigenvalue weighted by molar-refractivity contribution is 7.99. The number of morpholine rings is 1. The van der Waals surface area contributed by atoms with E-state index in [1.807, 2.05) is 11.0 Å². The molecule has 0 unspecified atom stereocenters. The normalized spacial score (nSPS) is 19.8. The van der Waals surface area contributed by atoms with Gasteiger partial charge in [0.25, 0.3) is 0 Å². The number of thioether (sulfide) groups is 1. The molecule has 0 bridgehead atoms. The van der Waals surface area contributed by atoms with E-state index >= 15 is 0 Å². The molecule has 0 atom stereocenters. The summed E-state index contributed by atoms with van der Waals surface area (Å²) in [6.07, 6.45) is 0.490. The molecule has 0 aliphatic carbocycles. The molecule has 1 amide bonds. The van der Waals surface area contributed by atoms with Crippen LogP contribution in [0.1, 0.15) is 6.42 Å². The Kier molecular flexibility index (Phi) is 3.85. The molecule has 1 aromatic rings. The number of hydrogen-bond donors (Lipinski definition) is 0. The van der Waals surface area contributed by atoms with Crippen molar-refractivity contribution >= 4 is 29.0 Å². The van der Waals surface area contributed by atoms with Gasteiger partial charge in [0.2, 0.25) is 5.91 Å². The van der Waals surface area contributed by atoms with Crippen LogP contribution in [0.15, 0.2) is 17.0 Å². The van der Waals surface area contributed by atoms with Crippen LogP contribution in [0.25, 0.3) is 0 Å². The van der Waals surface area contributed by atoms with E-state index in [9.17, 15) is 9.18 Å². The van der Waals surface area contributed by atoms with Crippen LogP contribution in [0, 0.1) is 5.82 Å². The molecule has 0 radical (unpaired) electrons. The minimum atomic E-state index is -0.271. The van der Waals surface area contributed by atoms with E-state index in [2.05, 4.69) is 0 Å². The zero-order valence-electron chi connectivity index (χ0n) is 11.4. The van der Waals surface area contributed by atoms with Gasteiger partial charge in [-0.25, -0.2) is 4.39 Å². The molecule has 0 saturated carbocycles. The Morgan fingerprint density at radius 1 is 1.25 bits per heavy atom. The lowest BCUT2D eigenvalue weighted by atomic mass is 10.2. The highest BCUT2D eigenvalue weighted by Gasteiger charge is 2.23. The van der Waals surface area contributed by atoms with Crippen molar-refractivity contribution in [2.75, 3.05) is 48.9 Å². The van der Waals surface area contributed by atoms with Gasteiger partial charge < -0.3 is 14.5 Å². The van der Waals surface area contributed by atoms with Crippen LogP contribution in [-0.2, 0) is 9.53 Å². The summed E-state index contributed by atoms with van der Waals surface area (Å²) in [5.41, 5.74) is 1.29. The fourth-order valence-corrected chi connectivity index (χ4v) is 3.54. The van der Waals surface area contributed by atoms with E-state index in [-0.39, 0.29) is 11.7 Å². The molecule has 2 aliphatic rings. The first-order chi connectivity index (χ1) is 9.66. The molecule has 0 aromatic heterocycles. The van der Waals surface area contributed by atoms with Crippen LogP contribution in [0.5, 0.6) is 0 Å². The number of nitrogens with zero attached hydrogens (tertiary/aromatic N) is 2. The Bertz CT molecular complexity index is 532. The number of ether oxygens (including phenoxy) is 1. The van der Waals surface area contributed by atoms with Crippen LogP contribution in [0.3, 0.4) is 0 Å². The van der Waals surface area contributed by atoms with Crippen molar-refractivity contribution in [2.24, 2.45) is 0 Å². The Morgan fingerprint density at radius 3 is 2.75 bits per heavy atom. The van der Waals surface area contributed by atoms with E-state index in [0.717, 1.165) is 10.6 Å². The van der Waals surface area contributed by atoms with E-state index in [1.165, 1.54) is 6.07 Å². The first kappa shape index (κ1) is 13.7. The molecule has 20 heavy (non-hydrogen) atoms. The van der Waals surface area contributed by atoms with Crippen LogP contribution in [-0.4, -0.2) is 45.0 Å². The summed E-state index contributed by atoms with van der Waals surface area (Å²) in [7, 11) is 1.71. The van der Waals surface area contributed by atoms with Crippen molar-refractivity contribution in [1.82, 2.24) is 0 Å². The molecule has 6 heteroatoms. The molecule has 3 rings (SSSR count). The summed E-state index contributed by atoms with van der Waals surface area (Å²) in [5.74, 6) is 0.507. The van der Waals surface area contributed by atoms with Crippen LogP contribution < -0.4 is 9.80 Å². The molecule has 108 valence electrons. The molecule has 1 aromatic carbocycles. The molecule has 2 aliphatic heterocycles. The monoisotopic (exact) mass is 296 g/mol. The smallest absolute Gasteiger partial charge is 0.227 e. The summed E-state index contributed by atoms with van der Waals surface area (Å²) >= 11 is 1.62. The first-order valence-electron chi connectivity index (χ1n) is 6.72. The lowest BCUT2D eigenvalue weighted by molar-refractivity contribution is -0.117. The van der Waals surface area contributed by atoms with E-state index in [1.54, 1.807) is 23.7 Å². The number of fused-ring (bicyclic) bond motifs is 1. The third-order valence-electron chi connectivity index (χ3n) is 3.69. The number of halogens is 1. The Morgan fingerprint density at radius 2 is 2.00 bits per heavy atom. The molecule has 2 heterocycles. The van der Waals surface area contributed by atoms with Crippen molar-refractivity contribution in [3.8, 4) is 0 Å². The summed E-state index contributed by atoms with van der Waals surface area (Å²) in [5, 5.41) is 0. The quantitative estimate of drug-likeness (QED) is 0.795. The topological polar surface area (TPSA) is 32.8 Å². The SMILES string of the molecule is CN1C(=O)CCSc2cc(N3CCOCC3)c(F)cc21. The first-order valence-corrected chi connectivity index (χ1v) is 7.71. The molecule has 0 spiro atoms. The Balaban J connectivity index is 1.98.